The minimum absolute atomic E-state index is 0.0350. The van der Waals surface area contributed by atoms with Gasteiger partial charge >= 0.3 is 5.97 Å². The maximum atomic E-state index is 12.7. The van der Waals surface area contributed by atoms with E-state index in [9.17, 15) is 9.59 Å². The molecule has 0 N–H and O–H groups in total. The van der Waals surface area contributed by atoms with Crippen molar-refractivity contribution in [1.82, 2.24) is 9.88 Å². The number of thiazole rings is 1. The third-order valence-corrected chi connectivity index (χ3v) is 6.98. The SMILES string of the molecule is Cc1ccc(OCc2nc(CC(=O)OC(C)C(=O)N3CCc4sccc4C3)cs2)cc1. The molecule has 0 fully saturated rings. The Balaban J connectivity index is 1.25. The van der Waals surface area contributed by atoms with E-state index in [-0.39, 0.29) is 12.3 Å². The van der Waals surface area contributed by atoms with Gasteiger partial charge in [0.15, 0.2) is 6.10 Å². The van der Waals surface area contributed by atoms with Gasteiger partial charge in [-0.2, -0.15) is 0 Å². The van der Waals surface area contributed by atoms with Crippen LogP contribution in [0, 0.1) is 6.92 Å². The predicted octanol–water partition coefficient (Wildman–Crippen LogP) is 4.15. The number of amides is 1. The molecule has 8 heteroatoms. The van der Waals surface area contributed by atoms with Crippen LogP contribution in [-0.2, 0) is 40.3 Å². The van der Waals surface area contributed by atoms with Crippen LogP contribution in [0.2, 0.25) is 0 Å². The highest BCUT2D eigenvalue weighted by molar-refractivity contribution is 7.10. The molecule has 0 radical (unpaired) electrons. The van der Waals surface area contributed by atoms with E-state index in [2.05, 4.69) is 16.4 Å². The molecule has 3 aromatic rings. The summed E-state index contributed by atoms with van der Waals surface area (Å²) in [5.41, 5.74) is 2.98. The second kappa shape index (κ2) is 9.62. The van der Waals surface area contributed by atoms with Crippen molar-refractivity contribution in [2.24, 2.45) is 0 Å². The van der Waals surface area contributed by atoms with E-state index in [4.69, 9.17) is 9.47 Å². The summed E-state index contributed by atoms with van der Waals surface area (Å²) in [6.07, 6.45) is 0.0783. The van der Waals surface area contributed by atoms with Gasteiger partial charge in [-0.1, -0.05) is 17.7 Å². The van der Waals surface area contributed by atoms with E-state index < -0.39 is 12.1 Å². The van der Waals surface area contributed by atoms with Gasteiger partial charge in [0.05, 0.1) is 12.1 Å². The quantitative estimate of drug-likeness (QED) is 0.500. The average Bonchev–Trinajstić information content (AvgIpc) is 3.41. The number of hydrogen-bond donors (Lipinski definition) is 0. The van der Waals surface area contributed by atoms with Crippen LogP contribution in [0.4, 0.5) is 0 Å². The number of esters is 1. The average molecular weight is 457 g/mol. The van der Waals surface area contributed by atoms with E-state index in [1.807, 2.05) is 36.6 Å². The highest BCUT2D eigenvalue weighted by atomic mass is 32.1. The second-order valence-electron chi connectivity index (χ2n) is 7.52. The molecule has 1 aliphatic heterocycles. The zero-order chi connectivity index (χ0) is 21.8. The number of rotatable bonds is 7. The number of nitrogens with zero attached hydrogens (tertiary/aromatic N) is 2. The largest absolute Gasteiger partial charge is 0.486 e. The fourth-order valence-electron chi connectivity index (χ4n) is 3.41. The smallest absolute Gasteiger partial charge is 0.312 e. The van der Waals surface area contributed by atoms with Crippen LogP contribution in [0.3, 0.4) is 0 Å². The lowest BCUT2D eigenvalue weighted by Gasteiger charge is -2.29. The molecule has 31 heavy (non-hydrogen) atoms. The third kappa shape index (κ3) is 5.51. The van der Waals surface area contributed by atoms with Gasteiger partial charge in [0.1, 0.15) is 17.4 Å². The Morgan fingerprint density at radius 3 is 2.81 bits per heavy atom. The summed E-state index contributed by atoms with van der Waals surface area (Å²) in [4.78, 5) is 32.5. The lowest BCUT2D eigenvalue weighted by molar-refractivity contribution is -0.159. The molecular weight excluding hydrogens is 432 g/mol. The molecule has 6 nitrogen and oxygen atoms in total. The molecule has 1 atom stereocenters. The van der Waals surface area contributed by atoms with E-state index in [0.717, 1.165) is 17.2 Å². The molecule has 1 amide bonds. The molecule has 162 valence electrons. The Morgan fingerprint density at radius 2 is 2.00 bits per heavy atom. The van der Waals surface area contributed by atoms with Gasteiger partial charge in [-0.15, -0.1) is 22.7 Å². The Morgan fingerprint density at radius 1 is 1.19 bits per heavy atom. The van der Waals surface area contributed by atoms with Crippen molar-refractivity contribution in [3.63, 3.8) is 0 Å². The number of fused-ring (bicyclic) bond motifs is 1. The lowest BCUT2D eigenvalue weighted by atomic mass is 10.1. The third-order valence-electron chi connectivity index (χ3n) is 5.08. The molecule has 0 saturated carbocycles. The van der Waals surface area contributed by atoms with Gasteiger partial charge in [-0.05, 0) is 49.4 Å². The van der Waals surface area contributed by atoms with E-state index >= 15 is 0 Å². The number of carbonyl (C=O) groups excluding carboxylic acids is 2. The first-order valence-electron chi connectivity index (χ1n) is 10.1. The number of thiophene rings is 1. The molecule has 0 bridgehead atoms. The number of carbonyl (C=O) groups is 2. The summed E-state index contributed by atoms with van der Waals surface area (Å²) in [5.74, 6) is 0.169. The van der Waals surface area contributed by atoms with Gasteiger partial charge < -0.3 is 14.4 Å². The van der Waals surface area contributed by atoms with E-state index in [1.54, 1.807) is 23.2 Å². The molecular formula is C23H24N2O4S2. The summed E-state index contributed by atoms with van der Waals surface area (Å²) < 4.78 is 11.1. The van der Waals surface area contributed by atoms with Crippen molar-refractivity contribution in [2.45, 2.75) is 45.9 Å². The number of aryl methyl sites for hydroxylation is 1. The first-order chi connectivity index (χ1) is 15.0. The van der Waals surface area contributed by atoms with Gasteiger partial charge in [-0.3, -0.25) is 9.59 Å². The number of hydrogen-bond acceptors (Lipinski definition) is 7. The molecule has 4 rings (SSSR count). The van der Waals surface area contributed by atoms with Crippen molar-refractivity contribution < 1.29 is 19.1 Å². The first-order valence-corrected chi connectivity index (χ1v) is 11.9. The molecule has 3 heterocycles. The fraction of sp³-hybridized carbons (Fsp3) is 0.348. The number of benzene rings is 1. The van der Waals surface area contributed by atoms with Crippen LogP contribution in [-0.4, -0.2) is 34.4 Å². The monoisotopic (exact) mass is 456 g/mol. The van der Waals surface area contributed by atoms with Gasteiger partial charge in [0.2, 0.25) is 0 Å². The molecule has 2 aromatic heterocycles. The van der Waals surface area contributed by atoms with Crippen LogP contribution in [0.15, 0.2) is 41.1 Å². The van der Waals surface area contributed by atoms with Gasteiger partial charge in [0.25, 0.3) is 5.91 Å². The van der Waals surface area contributed by atoms with Crippen molar-refractivity contribution >= 4 is 34.6 Å². The second-order valence-corrected chi connectivity index (χ2v) is 9.47. The van der Waals surface area contributed by atoms with Crippen molar-refractivity contribution in [3.8, 4) is 5.75 Å². The Bertz CT molecular complexity index is 1060. The minimum atomic E-state index is -0.810. The fourth-order valence-corrected chi connectivity index (χ4v) is 5.00. The van der Waals surface area contributed by atoms with Crippen molar-refractivity contribution in [1.29, 1.82) is 0 Å². The standard InChI is InChI=1S/C23H24N2O4S2/c1-15-3-5-19(6-4-15)28-13-21-24-18(14-31-21)11-22(26)29-16(2)23(27)25-9-7-20-17(12-25)8-10-30-20/h3-6,8,10,14,16H,7,9,11-13H2,1-2H3. The molecule has 1 aromatic carbocycles. The van der Waals surface area contributed by atoms with Crippen LogP contribution >= 0.6 is 22.7 Å². The van der Waals surface area contributed by atoms with Crippen LogP contribution < -0.4 is 4.74 Å². The Labute approximate surface area is 189 Å². The number of ether oxygens (including phenoxy) is 2. The molecule has 1 aliphatic rings. The molecule has 1 unspecified atom stereocenters. The summed E-state index contributed by atoms with van der Waals surface area (Å²) in [5, 5.41) is 4.66. The Kier molecular flexibility index (Phi) is 6.67. The predicted molar refractivity (Wildman–Crippen MR) is 120 cm³/mol. The normalized spacial score (nSPS) is 14.1. The summed E-state index contributed by atoms with van der Waals surface area (Å²) in [7, 11) is 0. The molecule has 0 saturated heterocycles. The van der Waals surface area contributed by atoms with E-state index in [0.29, 0.717) is 25.4 Å². The van der Waals surface area contributed by atoms with Crippen molar-refractivity contribution in [3.05, 3.63) is 67.8 Å². The zero-order valence-corrected chi connectivity index (χ0v) is 19.1. The lowest BCUT2D eigenvalue weighted by Crippen LogP contribution is -2.42. The van der Waals surface area contributed by atoms with Crippen molar-refractivity contribution in [2.75, 3.05) is 6.54 Å². The van der Waals surface area contributed by atoms with Crippen LogP contribution in [0.25, 0.3) is 0 Å². The summed E-state index contributed by atoms with van der Waals surface area (Å²) in [6, 6.07) is 9.87. The maximum Gasteiger partial charge on any atom is 0.312 e. The molecule has 0 spiro atoms. The highest BCUT2D eigenvalue weighted by Crippen LogP contribution is 2.24. The zero-order valence-electron chi connectivity index (χ0n) is 17.5. The first kappa shape index (κ1) is 21.5. The topological polar surface area (TPSA) is 68.7 Å². The van der Waals surface area contributed by atoms with Gasteiger partial charge in [-0.25, -0.2) is 4.98 Å². The summed E-state index contributed by atoms with van der Waals surface area (Å²) >= 11 is 3.16. The summed E-state index contributed by atoms with van der Waals surface area (Å²) in [6.45, 7) is 5.24. The Hall–Kier alpha value is -2.71. The number of aromatic nitrogens is 1. The molecule has 0 aliphatic carbocycles. The maximum absolute atomic E-state index is 12.7. The highest BCUT2D eigenvalue weighted by Gasteiger charge is 2.27. The minimum Gasteiger partial charge on any atom is -0.486 e. The van der Waals surface area contributed by atoms with Crippen LogP contribution in [0.5, 0.6) is 5.75 Å². The van der Waals surface area contributed by atoms with Gasteiger partial charge in [0, 0.05) is 23.3 Å². The van der Waals surface area contributed by atoms with Crippen LogP contribution in [0.1, 0.15) is 33.6 Å². The van der Waals surface area contributed by atoms with E-state index in [1.165, 1.54) is 27.3 Å².